The van der Waals surface area contributed by atoms with Gasteiger partial charge in [0.2, 0.25) is 0 Å². The van der Waals surface area contributed by atoms with Gasteiger partial charge in [-0.2, -0.15) is 0 Å². The third kappa shape index (κ3) is 10.2. The van der Waals surface area contributed by atoms with E-state index in [0.29, 0.717) is 13.2 Å². The molecule has 0 heterocycles. The van der Waals surface area contributed by atoms with Crippen LogP contribution in [0.3, 0.4) is 0 Å². The summed E-state index contributed by atoms with van der Waals surface area (Å²) in [5, 5.41) is 0. The summed E-state index contributed by atoms with van der Waals surface area (Å²) in [6, 6.07) is 0. The fourth-order valence-electron chi connectivity index (χ4n) is 0.765. The molecule has 0 rings (SSSR count). The molecule has 0 aromatic heterocycles. The molecule has 0 aliphatic heterocycles. The Morgan fingerprint density at radius 1 is 0.917 bits per heavy atom. The van der Waals surface area contributed by atoms with E-state index >= 15 is 0 Å². The molecular weight excluding hydrogens is 176 g/mol. The molecule has 0 saturated heterocycles. The normalized spacial score (nSPS) is 10.5. The molecule has 0 aromatic rings. The van der Waals surface area contributed by atoms with E-state index in [1.54, 1.807) is 0 Å². The number of halogens is 1. The molecule has 0 aliphatic rings. The number of unbranched alkanes of at least 4 members (excludes halogenated alkanes) is 1. The second kappa shape index (κ2) is 11.2. The molecule has 0 aromatic carbocycles. The monoisotopic (exact) mass is 194 g/mol. The molecule has 0 unspecified atom stereocenters. The molecule has 0 amide bonds. The number of hydrogen-bond donors (Lipinski definition) is 0. The van der Waals surface area contributed by atoms with E-state index in [0.717, 1.165) is 38.4 Å². The van der Waals surface area contributed by atoms with E-state index in [1.165, 1.54) is 0 Å². The molecule has 74 valence electrons. The summed E-state index contributed by atoms with van der Waals surface area (Å²) in [5.41, 5.74) is 0. The largest absolute Gasteiger partial charge is 0.379 e. The van der Waals surface area contributed by atoms with Crippen LogP contribution in [0.1, 0.15) is 26.2 Å². The molecule has 0 N–H and O–H groups in total. The summed E-state index contributed by atoms with van der Waals surface area (Å²) >= 11 is 5.50. The Balaban J connectivity index is 2.73. The molecule has 0 bridgehead atoms. The third-order valence-corrected chi connectivity index (χ3v) is 1.66. The van der Waals surface area contributed by atoms with Crippen LogP contribution in [0.4, 0.5) is 0 Å². The third-order valence-electron chi connectivity index (χ3n) is 1.39. The average molecular weight is 195 g/mol. The lowest BCUT2D eigenvalue weighted by molar-refractivity contribution is 0.0470. The Kier molecular flexibility index (Phi) is 11.4. The van der Waals surface area contributed by atoms with Crippen molar-refractivity contribution in [3.8, 4) is 0 Å². The summed E-state index contributed by atoms with van der Waals surface area (Å²) in [6.07, 6.45) is 3.17. The second-order valence-electron chi connectivity index (χ2n) is 2.62. The van der Waals surface area contributed by atoms with Crippen molar-refractivity contribution in [2.24, 2.45) is 0 Å². The van der Waals surface area contributed by atoms with E-state index in [-0.39, 0.29) is 0 Å². The molecule has 2 nitrogen and oxygen atoms in total. The summed E-state index contributed by atoms with van der Waals surface area (Å²) in [5.74, 6) is 0.732. The van der Waals surface area contributed by atoms with Crippen LogP contribution in [-0.2, 0) is 9.47 Å². The summed E-state index contributed by atoms with van der Waals surface area (Å²) in [7, 11) is 0. The molecule has 0 saturated carbocycles. The molecule has 0 spiro atoms. The first-order valence-electron chi connectivity index (χ1n) is 4.63. The van der Waals surface area contributed by atoms with Gasteiger partial charge < -0.3 is 9.47 Å². The van der Waals surface area contributed by atoms with Gasteiger partial charge in [0.1, 0.15) is 0 Å². The summed E-state index contributed by atoms with van der Waals surface area (Å²) < 4.78 is 10.5. The van der Waals surface area contributed by atoms with Gasteiger partial charge in [0.25, 0.3) is 0 Å². The minimum Gasteiger partial charge on any atom is -0.379 e. The van der Waals surface area contributed by atoms with E-state index in [4.69, 9.17) is 21.1 Å². The van der Waals surface area contributed by atoms with Crippen LogP contribution >= 0.6 is 11.6 Å². The number of hydrogen-bond acceptors (Lipinski definition) is 2. The number of ether oxygens (including phenoxy) is 2. The van der Waals surface area contributed by atoms with Gasteiger partial charge in [-0.25, -0.2) is 0 Å². The zero-order valence-corrected chi connectivity index (χ0v) is 8.61. The lowest BCUT2D eigenvalue weighted by Crippen LogP contribution is -2.05. The summed E-state index contributed by atoms with van der Waals surface area (Å²) in [4.78, 5) is 0. The Morgan fingerprint density at radius 3 is 2.17 bits per heavy atom. The van der Waals surface area contributed by atoms with Crippen molar-refractivity contribution in [3.63, 3.8) is 0 Å². The first-order valence-corrected chi connectivity index (χ1v) is 5.16. The smallest absolute Gasteiger partial charge is 0.0700 e. The Hall–Kier alpha value is 0.210. The number of rotatable bonds is 9. The van der Waals surface area contributed by atoms with Crippen molar-refractivity contribution in [3.05, 3.63) is 0 Å². The molecule has 0 fully saturated rings. The zero-order chi connectivity index (χ0) is 9.07. The van der Waals surface area contributed by atoms with Crippen LogP contribution in [0.25, 0.3) is 0 Å². The predicted octanol–water partition coefficient (Wildman–Crippen LogP) is 2.45. The number of alkyl halides is 1. The van der Waals surface area contributed by atoms with Gasteiger partial charge in [-0.1, -0.05) is 6.92 Å². The molecule has 0 atom stereocenters. The Morgan fingerprint density at radius 2 is 1.58 bits per heavy atom. The molecule has 12 heavy (non-hydrogen) atoms. The van der Waals surface area contributed by atoms with E-state index in [2.05, 4.69) is 6.92 Å². The predicted molar refractivity (Wildman–Crippen MR) is 51.9 cm³/mol. The highest BCUT2D eigenvalue weighted by Crippen LogP contribution is 1.92. The van der Waals surface area contributed by atoms with Gasteiger partial charge in [-0.3, -0.25) is 0 Å². The van der Waals surface area contributed by atoms with Crippen LogP contribution in [0.15, 0.2) is 0 Å². The highest BCUT2D eigenvalue weighted by Gasteiger charge is 1.89. The fraction of sp³-hybridized carbons (Fsp3) is 1.00. The van der Waals surface area contributed by atoms with Gasteiger partial charge in [0.05, 0.1) is 13.2 Å². The van der Waals surface area contributed by atoms with Crippen molar-refractivity contribution in [1.29, 1.82) is 0 Å². The maximum Gasteiger partial charge on any atom is 0.0700 e. The van der Waals surface area contributed by atoms with E-state index < -0.39 is 0 Å². The molecule has 3 heteroatoms. The van der Waals surface area contributed by atoms with Crippen LogP contribution in [0, 0.1) is 0 Å². The Labute approximate surface area is 80.2 Å². The van der Waals surface area contributed by atoms with Crippen molar-refractivity contribution in [2.45, 2.75) is 26.2 Å². The van der Waals surface area contributed by atoms with Crippen molar-refractivity contribution >= 4 is 11.6 Å². The lowest BCUT2D eigenvalue weighted by atomic mass is 10.4. The quantitative estimate of drug-likeness (QED) is 0.415. The highest BCUT2D eigenvalue weighted by molar-refractivity contribution is 6.17. The zero-order valence-electron chi connectivity index (χ0n) is 7.85. The fourth-order valence-corrected chi connectivity index (χ4v) is 0.954. The molecule has 0 radical (unpaired) electrons. The van der Waals surface area contributed by atoms with E-state index in [9.17, 15) is 0 Å². The standard InChI is InChI=1S/C9H19ClO2/c1-2-6-11-8-9-12-7-4-3-5-10/h2-9H2,1H3. The van der Waals surface area contributed by atoms with Crippen LogP contribution in [0.5, 0.6) is 0 Å². The Bertz CT molecular complexity index is 68.9. The van der Waals surface area contributed by atoms with Crippen LogP contribution in [-0.4, -0.2) is 32.3 Å². The van der Waals surface area contributed by atoms with Crippen molar-refractivity contribution < 1.29 is 9.47 Å². The van der Waals surface area contributed by atoms with Gasteiger partial charge in [-0.05, 0) is 19.3 Å². The maximum absolute atomic E-state index is 5.50. The minimum atomic E-state index is 0.711. The van der Waals surface area contributed by atoms with E-state index in [1.807, 2.05) is 0 Å². The van der Waals surface area contributed by atoms with Crippen molar-refractivity contribution in [2.75, 3.05) is 32.3 Å². The maximum atomic E-state index is 5.50. The van der Waals surface area contributed by atoms with Crippen LogP contribution in [0.2, 0.25) is 0 Å². The average Bonchev–Trinajstić information content (AvgIpc) is 2.10. The minimum absolute atomic E-state index is 0.711. The second-order valence-corrected chi connectivity index (χ2v) is 3.00. The first-order chi connectivity index (χ1) is 5.91. The van der Waals surface area contributed by atoms with Gasteiger partial charge >= 0.3 is 0 Å². The van der Waals surface area contributed by atoms with Crippen LogP contribution < -0.4 is 0 Å². The van der Waals surface area contributed by atoms with Gasteiger partial charge in [-0.15, -0.1) is 11.6 Å². The SMILES string of the molecule is CCCOCCOCCCCCl. The van der Waals surface area contributed by atoms with Gasteiger partial charge in [0.15, 0.2) is 0 Å². The van der Waals surface area contributed by atoms with Crippen molar-refractivity contribution in [1.82, 2.24) is 0 Å². The lowest BCUT2D eigenvalue weighted by Gasteiger charge is -2.03. The highest BCUT2D eigenvalue weighted by atomic mass is 35.5. The topological polar surface area (TPSA) is 18.5 Å². The summed E-state index contributed by atoms with van der Waals surface area (Å²) in [6.45, 7) is 5.17. The molecule has 0 aliphatic carbocycles. The van der Waals surface area contributed by atoms with Gasteiger partial charge in [0, 0.05) is 19.1 Å². The first kappa shape index (κ1) is 12.2. The molecular formula is C9H19ClO2.